The summed E-state index contributed by atoms with van der Waals surface area (Å²) in [6.07, 6.45) is 9.54. The zero-order valence-electron chi connectivity index (χ0n) is 11.2. The lowest BCUT2D eigenvalue weighted by Crippen LogP contribution is -2.28. The van der Waals surface area contributed by atoms with Crippen molar-refractivity contribution in [1.82, 2.24) is 10.2 Å². The van der Waals surface area contributed by atoms with Crippen LogP contribution < -0.4 is 5.32 Å². The van der Waals surface area contributed by atoms with Crippen LogP contribution in [0.1, 0.15) is 49.5 Å². The van der Waals surface area contributed by atoms with Gasteiger partial charge >= 0.3 is 0 Å². The van der Waals surface area contributed by atoms with Gasteiger partial charge in [0.2, 0.25) is 0 Å². The van der Waals surface area contributed by atoms with Crippen LogP contribution in [0.25, 0.3) is 0 Å². The van der Waals surface area contributed by atoms with Gasteiger partial charge in [0.05, 0.1) is 6.26 Å². The summed E-state index contributed by atoms with van der Waals surface area (Å²) in [6.45, 7) is 5.02. The summed E-state index contributed by atoms with van der Waals surface area (Å²) in [7, 11) is 0. The molecule has 3 nitrogen and oxygen atoms in total. The van der Waals surface area contributed by atoms with E-state index in [1.807, 2.05) is 6.26 Å². The number of aryl methyl sites for hydroxylation is 1. The van der Waals surface area contributed by atoms with Crippen LogP contribution in [0.3, 0.4) is 0 Å². The normalized spacial score (nSPS) is 24.3. The Balaban J connectivity index is 1.41. The van der Waals surface area contributed by atoms with Gasteiger partial charge in [0, 0.05) is 18.0 Å². The highest BCUT2D eigenvalue weighted by Crippen LogP contribution is 2.30. The molecular formula is C15H24N2O. The van der Waals surface area contributed by atoms with Crippen LogP contribution in [-0.4, -0.2) is 31.1 Å². The van der Waals surface area contributed by atoms with E-state index in [0.29, 0.717) is 6.04 Å². The van der Waals surface area contributed by atoms with Crippen LogP contribution in [-0.2, 0) is 6.42 Å². The van der Waals surface area contributed by atoms with E-state index in [-0.39, 0.29) is 0 Å². The lowest BCUT2D eigenvalue weighted by atomic mass is 9.93. The molecule has 1 aromatic rings. The molecular weight excluding hydrogens is 224 g/mol. The van der Waals surface area contributed by atoms with E-state index in [2.05, 4.69) is 16.3 Å². The summed E-state index contributed by atoms with van der Waals surface area (Å²) in [5.74, 6) is 1.21. The van der Waals surface area contributed by atoms with Crippen molar-refractivity contribution in [1.29, 1.82) is 0 Å². The number of rotatable bonds is 5. The first-order valence-corrected chi connectivity index (χ1v) is 7.45. The molecule has 0 aromatic carbocycles. The van der Waals surface area contributed by atoms with Gasteiger partial charge in [0.1, 0.15) is 5.76 Å². The van der Waals surface area contributed by atoms with Gasteiger partial charge in [0.15, 0.2) is 0 Å². The summed E-state index contributed by atoms with van der Waals surface area (Å²) in [5, 5.41) is 3.70. The molecule has 0 bridgehead atoms. The Bertz CT molecular complexity index is 368. The molecule has 1 aromatic heterocycles. The molecule has 0 amide bonds. The third-order valence-corrected chi connectivity index (χ3v) is 4.29. The van der Waals surface area contributed by atoms with E-state index in [0.717, 1.165) is 13.0 Å². The van der Waals surface area contributed by atoms with Crippen LogP contribution in [0, 0.1) is 0 Å². The number of hydrogen-bond acceptors (Lipinski definition) is 3. The molecule has 2 aliphatic rings. The molecule has 3 rings (SSSR count). The van der Waals surface area contributed by atoms with Gasteiger partial charge in [-0.15, -0.1) is 0 Å². The Morgan fingerprint density at radius 3 is 3.06 bits per heavy atom. The van der Waals surface area contributed by atoms with Crippen molar-refractivity contribution in [2.24, 2.45) is 0 Å². The first-order chi connectivity index (χ1) is 8.93. The predicted molar refractivity (Wildman–Crippen MR) is 72.7 cm³/mol. The number of nitrogens with zero attached hydrogens (tertiary/aromatic N) is 1. The van der Waals surface area contributed by atoms with E-state index in [9.17, 15) is 0 Å². The number of likely N-dealkylation sites (tertiary alicyclic amines) is 1. The zero-order valence-corrected chi connectivity index (χ0v) is 11.2. The number of hydrogen-bond donors (Lipinski definition) is 1. The second kappa shape index (κ2) is 5.89. The van der Waals surface area contributed by atoms with Gasteiger partial charge in [-0.25, -0.2) is 0 Å². The van der Waals surface area contributed by atoms with E-state index in [1.165, 1.54) is 63.1 Å². The maximum Gasteiger partial charge on any atom is 0.108 e. The lowest BCUT2D eigenvalue weighted by molar-refractivity contribution is 0.323. The van der Waals surface area contributed by atoms with Crippen molar-refractivity contribution >= 4 is 0 Å². The minimum absolute atomic E-state index is 0.533. The first kappa shape index (κ1) is 12.2. The van der Waals surface area contributed by atoms with Gasteiger partial charge in [0.25, 0.3) is 0 Å². The Hall–Kier alpha value is -0.800. The van der Waals surface area contributed by atoms with Gasteiger partial charge in [-0.05, 0) is 64.3 Å². The highest BCUT2D eigenvalue weighted by Gasteiger charge is 2.21. The summed E-state index contributed by atoms with van der Waals surface area (Å²) in [6, 6.07) is 2.68. The van der Waals surface area contributed by atoms with E-state index in [1.54, 1.807) is 0 Å². The Labute approximate surface area is 110 Å². The third-order valence-electron chi connectivity index (χ3n) is 4.29. The molecule has 18 heavy (non-hydrogen) atoms. The van der Waals surface area contributed by atoms with Crippen molar-refractivity contribution in [2.45, 2.75) is 44.6 Å². The fraction of sp³-hybridized carbons (Fsp3) is 0.733. The van der Waals surface area contributed by atoms with Gasteiger partial charge < -0.3 is 14.6 Å². The topological polar surface area (TPSA) is 28.4 Å². The minimum atomic E-state index is 0.533. The molecule has 1 unspecified atom stereocenters. The third kappa shape index (κ3) is 2.78. The predicted octanol–water partition coefficient (Wildman–Crippen LogP) is 2.73. The maximum atomic E-state index is 5.53. The van der Waals surface area contributed by atoms with Crippen molar-refractivity contribution in [3.05, 3.63) is 23.7 Å². The number of fused-ring (bicyclic) bond motifs is 1. The molecule has 0 spiro atoms. The highest BCUT2D eigenvalue weighted by atomic mass is 16.3. The molecule has 1 aliphatic heterocycles. The van der Waals surface area contributed by atoms with Crippen molar-refractivity contribution in [3.63, 3.8) is 0 Å². The SMILES string of the molecule is c1cc2c(o1)CCCC2NCCCN1CCCC1. The summed E-state index contributed by atoms with van der Waals surface area (Å²) < 4.78 is 5.53. The Morgan fingerprint density at radius 2 is 2.17 bits per heavy atom. The van der Waals surface area contributed by atoms with Gasteiger partial charge in [-0.2, -0.15) is 0 Å². The van der Waals surface area contributed by atoms with Crippen LogP contribution in [0.4, 0.5) is 0 Å². The molecule has 2 heterocycles. The minimum Gasteiger partial charge on any atom is -0.469 e. The Morgan fingerprint density at radius 1 is 1.28 bits per heavy atom. The fourth-order valence-corrected chi connectivity index (χ4v) is 3.28. The summed E-state index contributed by atoms with van der Waals surface area (Å²) in [5.41, 5.74) is 1.41. The second-order valence-electron chi connectivity index (χ2n) is 5.60. The molecule has 1 fully saturated rings. The molecule has 1 aliphatic carbocycles. The van der Waals surface area contributed by atoms with E-state index < -0.39 is 0 Å². The van der Waals surface area contributed by atoms with Crippen LogP contribution in [0.15, 0.2) is 16.7 Å². The van der Waals surface area contributed by atoms with E-state index >= 15 is 0 Å². The van der Waals surface area contributed by atoms with E-state index in [4.69, 9.17) is 4.42 Å². The molecule has 0 saturated carbocycles. The smallest absolute Gasteiger partial charge is 0.108 e. The summed E-state index contributed by atoms with van der Waals surface area (Å²) in [4.78, 5) is 2.59. The monoisotopic (exact) mass is 248 g/mol. The zero-order chi connectivity index (χ0) is 12.2. The highest BCUT2D eigenvalue weighted by molar-refractivity contribution is 5.23. The quantitative estimate of drug-likeness (QED) is 0.812. The van der Waals surface area contributed by atoms with Crippen LogP contribution >= 0.6 is 0 Å². The molecule has 0 radical (unpaired) electrons. The van der Waals surface area contributed by atoms with Crippen molar-refractivity contribution < 1.29 is 4.42 Å². The molecule has 3 heteroatoms. The molecule has 1 N–H and O–H groups in total. The molecule has 1 atom stereocenters. The van der Waals surface area contributed by atoms with Crippen molar-refractivity contribution in [3.8, 4) is 0 Å². The fourth-order valence-electron chi connectivity index (χ4n) is 3.28. The number of furan rings is 1. The average Bonchev–Trinajstić information content (AvgIpc) is 3.05. The Kier molecular flexibility index (Phi) is 4.01. The average molecular weight is 248 g/mol. The first-order valence-electron chi connectivity index (χ1n) is 7.45. The summed E-state index contributed by atoms with van der Waals surface area (Å²) >= 11 is 0. The van der Waals surface area contributed by atoms with Gasteiger partial charge in [-0.3, -0.25) is 0 Å². The van der Waals surface area contributed by atoms with Crippen LogP contribution in [0.2, 0.25) is 0 Å². The second-order valence-corrected chi connectivity index (χ2v) is 5.60. The standard InChI is InChI=1S/C15H24N2O/c1-2-10-17(9-1)11-4-8-16-14-5-3-6-15-13(14)7-12-18-15/h7,12,14,16H,1-6,8-11H2. The van der Waals surface area contributed by atoms with Gasteiger partial charge in [-0.1, -0.05) is 0 Å². The number of nitrogens with one attached hydrogen (secondary N) is 1. The van der Waals surface area contributed by atoms with Crippen LogP contribution in [0.5, 0.6) is 0 Å². The molecule has 100 valence electrons. The maximum absolute atomic E-state index is 5.53. The largest absolute Gasteiger partial charge is 0.469 e. The van der Waals surface area contributed by atoms with Crippen molar-refractivity contribution in [2.75, 3.05) is 26.2 Å². The lowest BCUT2D eigenvalue weighted by Gasteiger charge is -2.23. The molecule has 1 saturated heterocycles.